The van der Waals surface area contributed by atoms with Crippen molar-refractivity contribution in [3.05, 3.63) is 193 Å². The van der Waals surface area contributed by atoms with Crippen LogP contribution in [0, 0.1) is 0 Å². The highest BCUT2D eigenvalue weighted by molar-refractivity contribution is 6.26. The third kappa shape index (κ3) is 4.74. The van der Waals surface area contributed by atoms with E-state index < -0.39 is 293 Å². The van der Waals surface area contributed by atoms with E-state index in [1.165, 1.54) is 0 Å². The molecule has 0 N–H and O–H groups in total. The molecule has 0 fully saturated rings. The molecule has 0 radical (unpaired) electrons. The van der Waals surface area contributed by atoms with Gasteiger partial charge in [0.2, 0.25) is 5.95 Å². The fourth-order valence-electron chi connectivity index (χ4n) is 6.90. The van der Waals surface area contributed by atoms with Crippen molar-refractivity contribution in [1.82, 2.24) is 28.7 Å². The topological polar surface area (TPSA) is 53.5 Å². The summed E-state index contributed by atoms with van der Waals surface area (Å²) in [6.07, 6.45) is 0. The van der Waals surface area contributed by atoms with Crippen LogP contribution >= 0.6 is 0 Å². The lowest BCUT2D eigenvalue weighted by atomic mass is 10.1. The van der Waals surface area contributed by atoms with E-state index in [0.717, 1.165) is 19.8 Å². The van der Waals surface area contributed by atoms with Gasteiger partial charge in [0.1, 0.15) is 0 Å². The van der Waals surface area contributed by atoms with Gasteiger partial charge in [0.05, 0.1) is 75.6 Å². The minimum Gasteiger partial charge on any atom is -0.309 e. The van der Waals surface area contributed by atoms with Gasteiger partial charge >= 0.3 is 0 Å². The summed E-state index contributed by atoms with van der Waals surface area (Å²) in [4.78, 5) is 13.3. The average molecular weight is 760 g/mol. The molecule has 4 aromatic heterocycles. The van der Waals surface area contributed by atoms with Crippen molar-refractivity contribution in [1.29, 1.82) is 0 Å². The van der Waals surface area contributed by atoms with Gasteiger partial charge in [0, 0.05) is 54.8 Å². The highest BCUT2D eigenvalue weighted by Crippen LogP contribution is 2.43. The van der Waals surface area contributed by atoms with Gasteiger partial charge in [0.25, 0.3) is 0 Å². The minimum absolute atomic E-state index is 0.467. The Kier molecular flexibility index (Phi) is 2.97. The van der Waals surface area contributed by atoms with Gasteiger partial charge in [-0.1, -0.05) is 145 Å². The molecule has 0 saturated carbocycles. The smallest absolute Gasteiger partial charge is 0.238 e. The van der Waals surface area contributed by atoms with Gasteiger partial charge in [-0.05, 0) is 48.3 Å². The molecule has 57 heavy (non-hydrogen) atoms. The predicted molar refractivity (Wildman–Crippen MR) is 234 cm³/mol. The normalized spacial score (nSPS) is 19.5. The van der Waals surface area contributed by atoms with Crippen molar-refractivity contribution in [2.45, 2.75) is 0 Å². The van der Waals surface area contributed by atoms with Crippen LogP contribution in [0.4, 0.5) is 0 Å². The van der Waals surface area contributed by atoms with E-state index in [0.29, 0.717) is 0 Å². The highest BCUT2D eigenvalue weighted by atomic mass is 15.2. The summed E-state index contributed by atoms with van der Waals surface area (Å²) in [6, 6.07) is -27.7. The first-order chi connectivity index (χ1) is 41.2. The molecule has 0 aliphatic heterocycles. The van der Waals surface area contributed by atoms with Gasteiger partial charge in [-0.3, -0.25) is 4.57 Å². The van der Waals surface area contributed by atoms with Crippen molar-refractivity contribution in [3.8, 4) is 40.1 Å². The number of hydrogen-bond acceptors (Lipinski definition) is 3. The number of benzene rings is 8. The van der Waals surface area contributed by atoms with Crippen LogP contribution in [-0.4, -0.2) is 28.7 Å². The number of rotatable bonds is 5. The van der Waals surface area contributed by atoms with Crippen molar-refractivity contribution < 1.29 is 42.5 Å². The van der Waals surface area contributed by atoms with E-state index in [-0.39, 0.29) is 0 Å². The van der Waals surface area contributed by atoms with E-state index >= 15 is 0 Å². The largest absolute Gasteiger partial charge is 0.309 e. The molecule has 12 aromatic rings. The number of aromatic nitrogens is 6. The van der Waals surface area contributed by atoms with E-state index in [2.05, 4.69) is 15.0 Å². The first-order valence-corrected chi connectivity index (χ1v) is 16.7. The molecule has 4 heterocycles. The van der Waals surface area contributed by atoms with Crippen LogP contribution in [0.2, 0.25) is 0 Å². The Morgan fingerprint density at radius 1 is 0.351 bits per heavy atom. The maximum Gasteiger partial charge on any atom is 0.238 e. The van der Waals surface area contributed by atoms with Gasteiger partial charge in [0.15, 0.2) is 11.6 Å². The number of nitrogens with zero attached hydrogens (tertiary/aromatic N) is 6. The van der Waals surface area contributed by atoms with Crippen molar-refractivity contribution in [2.75, 3.05) is 0 Å². The molecule has 0 aliphatic carbocycles. The van der Waals surface area contributed by atoms with Crippen LogP contribution in [0.3, 0.4) is 0 Å². The zero-order valence-corrected chi connectivity index (χ0v) is 28.3. The molecule has 0 unspecified atom stereocenters. The summed E-state index contributed by atoms with van der Waals surface area (Å²) >= 11 is 0. The van der Waals surface area contributed by atoms with Crippen LogP contribution in [0.1, 0.15) is 42.5 Å². The fourth-order valence-corrected chi connectivity index (χ4v) is 6.90. The highest BCUT2D eigenvalue weighted by Gasteiger charge is 2.23. The van der Waals surface area contributed by atoms with Gasteiger partial charge in [-0.25, -0.2) is 4.98 Å². The number of para-hydroxylation sites is 4. The Bertz CT molecular complexity index is 5180. The standard InChI is InChI=1S/C51H32N6/c1-4-16-33(17-5-1)49-52-50(34-18-6-2-7-19-34)54-51(53-49)57-43-26-14-11-23-38(43)40-30-31-45-47(48(40)57)41-24-12-15-27-44(41)56(45)36-28-29-39-37-22-10-13-25-42(37)55(46(39)32-36)35-20-8-3-9-21-35/h1-32H/i1D,2D,3D,4D,5D,6D,7D,8D,9D,10D,11D,12D,14D,15D,16D,17D,18D,19D,20D,21D,22D,23D,24D,25D,26D,27D,28D,29D,30D,31D,32D. The van der Waals surface area contributed by atoms with Crippen molar-refractivity contribution in [3.63, 3.8) is 0 Å². The first-order valence-electron chi connectivity index (χ1n) is 32.2. The molecule has 0 spiro atoms. The summed E-state index contributed by atoms with van der Waals surface area (Å²) in [7, 11) is 0. The SMILES string of the molecule is [2H]c1cc([2H])c2c(c1[2H])c1c([2H])c([2H])c(-n3c4c([2H])c([2H])c([2H])c([2H])c4c4c3c([2H])c([2H])c3c5c([2H])c([2H])c([2H])c([2H])c5n(-c5nc(-c6c([2H])c([2H])c([2H])c([2H])c6[2H])nc(-c6c([2H])c([2H])c([2H])c([2H])c6[2H])n5)c34)c([2H])c1n2-c1c([2H])c([2H])c([2H])c([2H])c1[2H]. The Morgan fingerprint density at radius 3 is 1.60 bits per heavy atom. The molecule has 0 amide bonds. The summed E-state index contributed by atoms with van der Waals surface area (Å²) in [5.74, 6) is -2.73. The average Bonchev–Trinajstić information content (AvgIpc) is 1.51. The first kappa shape index (κ1) is 13.7. The van der Waals surface area contributed by atoms with E-state index in [1.54, 1.807) is 0 Å². The number of hydrogen-bond donors (Lipinski definition) is 0. The molecule has 266 valence electrons. The molecular weight excluding hydrogens is 697 g/mol. The zero-order chi connectivity index (χ0) is 64.4. The molecule has 0 bridgehead atoms. The summed E-state index contributed by atoms with van der Waals surface area (Å²) in [5.41, 5.74) is -7.23. The van der Waals surface area contributed by atoms with Gasteiger partial charge < -0.3 is 9.13 Å². The van der Waals surface area contributed by atoms with Crippen LogP contribution in [0.15, 0.2) is 193 Å². The van der Waals surface area contributed by atoms with Crippen LogP contribution < -0.4 is 0 Å². The Labute approximate surface area is 370 Å². The maximum atomic E-state index is 10.2. The molecule has 0 aliphatic rings. The second-order valence-electron chi connectivity index (χ2n) is 12.1. The molecule has 0 saturated heterocycles. The Morgan fingerprint density at radius 2 is 0.877 bits per heavy atom. The fraction of sp³-hybridized carbons (Fsp3) is 0. The van der Waals surface area contributed by atoms with Gasteiger partial charge in [-0.15, -0.1) is 0 Å². The lowest BCUT2D eigenvalue weighted by molar-refractivity contribution is 0.955. The van der Waals surface area contributed by atoms with Crippen LogP contribution in [-0.2, 0) is 0 Å². The molecule has 0 atom stereocenters. The predicted octanol–water partition coefficient (Wildman–Crippen LogP) is 12.5. The van der Waals surface area contributed by atoms with Crippen molar-refractivity contribution >= 4 is 65.4 Å². The zero-order valence-electron chi connectivity index (χ0n) is 59.3. The molecular formula is C51H32N6. The second-order valence-corrected chi connectivity index (χ2v) is 12.1. The molecule has 12 rings (SSSR count). The Balaban J connectivity index is 1.39. The summed E-state index contributed by atoms with van der Waals surface area (Å²) in [6.45, 7) is 0. The van der Waals surface area contributed by atoms with Crippen LogP contribution in [0.5, 0.6) is 0 Å². The van der Waals surface area contributed by atoms with E-state index in [1.807, 2.05) is 0 Å². The molecule has 6 heteroatoms. The van der Waals surface area contributed by atoms with E-state index in [4.69, 9.17) is 30.2 Å². The molecule has 6 nitrogen and oxygen atoms in total. The lowest BCUT2D eigenvalue weighted by Crippen LogP contribution is -2.06. The molecule has 8 aromatic carbocycles. The van der Waals surface area contributed by atoms with Crippen LogP contribution in [0.25, 0.3) is 106 Å². The van der Waals surface area contributed by atoms with Gasteiger partial charge in [-0.2, -0.15) is 9.97 Å². The summed E-state index contributed by atoms with van der Waals surface area (Å²) < 4.78 is 283. The summed E-state index contributed by atoms with van der Waals surface area (Å²) in [5, 5.41) is -3.53. The second kappa shape index (κ2) is 12.3. The monoisotopic (exact) mass is 759 g/mol. The van der Waals surface area contributed by atoms with Crippen molar-refractivity contribution in [2.24, 2.45) is 0 Å². The van der Waals surface area contributed by atoms with E-state index in [9.17, 15) is 12.3 Å². The maximum absolute atomic E-state index is 10.2. The lowest BCUT2D eigenvalue weighted by Gasteiger charge is -2.12. The quantitative estimate of drug-likeness (QED) is 0.176. The minimum atomic E-state index is -1.04. The number of fused-ring (bicyclic) bond motifs is 10. The third-order valence-corrected chi connectivity index (χ3v) is 9.14. The Hall–Kier alpha value is -7.83. The third-order valence-electron chi connectivity index (χ3n) is 9.14.